The van der Waals surface area contributed by atoms with Crippen LogP contribution in [-0.4, -0.2) is 275 Å². The lowest BCUT2D eigenvalue weighted by atomic mass is 9.41. The van der Waals surface area contributed by atoms with Crippen molar-refractivity contribution in [1.82, 2.24) is 0 Å². The van der Waals surface area contributed by atoms with Gasteiger partial charge in [0.2, 0.25) is 0 Å². The second-order valence-corrected chi connectivity index (χ2v) is 30.3. The van der Waals surface area contributed by atoms with Crippen molar-refractivity contribution in [3.05, 3.63) is 23.8 Å². The van der Waals surface area contributed by atoms with Gasteiger partial charge in [-0.25, -0.2) is 8.37 Å². The van der Waals surface area contributed by atoms with Crippen molar-refractivity contribution in [3.8, 4) is 0 Å². The van der Waals surface area contributed by atoms with E-state index in [0.29, 0.717) is 44.9 Å². The van der Waals surface area contributed by atoms with Gasteiger partial charge in [-0.2, -0.15) is 16.8 Å². The van der Waals surface area contributed by atoms with Gasteiger partial charge in [-0.05, 0) is 94.8 Å². The molecule has 0 bridgehead atoms. The first-order valence-electron chi connectivity index (χ1n) is 31.5. The molecule has 3 saturated carbocycles. The SMILES string of the molecule is C=C(C)CCC[C@]1(C)OC(=O)C23CC[C@H]4C(=CC[C@H]5C(C)(C)[C@@H](O[C@@H]6OC[C@@H](OS(=O)(=O)O)[C@H](O)[C@H]6O[C@@H]6O[C@H](C)[C@@H](O[C@@H]7O[C@H](CO)[C@@H](O)[C@H](O[C@@H]8O[C@H](COS(=O)(=O)O)[C@@H](O)[C@H](OC)[C@H]8O)[C@H]7O)[C@H](O)[C@H]6O[C@@H]6OC[C@@H](O)[C@H](O)[C@H]6O)CC[C@]45C)[C@]2(C)CC(=O)[C@@H]31. The average Bonchev–Trinajstić information content (AvgIpc) is 1.52. The van der Waals surface area contributed by atoms with Crippen LogP contribution in [0, 0.1) is 39.4 Å². The fourth-order valence-corrected chi connectivity index (χ4v) is 18.2. The summed E-state index contributed by atoms with van der Waals surface area (Å²) in [5, 5.41) is 112. The molecule has 0 aromatic carbocycles. The third kappa shape index (κ3) is 13.5. The molecule has 10 rings (SSSR count). The maximum atomic E-state index is 14.5. The van der Waals surface area contributed by atoms with E-state index in [9.17, 15) is 86.6 Å². The number of Topliss-reactive ketones (excluding diaryl/α,β-unsaturated/α-hetero) is 1. The molecule has 9 fully saturated rings. The second kappa shape index (κ2) is 27.2. The Bertz CT molecular complexity index is 2970. The maximum Gasteiger partial charge on any atom is 0.397 e. The van der Waals surface area contributed by atoms with Gasteiger partial charge in [0.1, 0.15) is 115 Å². The van der Waals surface area contributed by atoms with Crippen molar-refractivity contribution < 1.29 is 152 Å². The first-order valence-corrected chi connectivity index (χ1v) is 34.2. The Morgan fingerprint density at radius 1 is 0.677 bits per heavy atom. The summed E-state index contributed by atoms with van der Waals surface area (Å²) >= 11 is 0. The Labute approximate surface area is 538 Å². The standard InChI is InChI=1S/C59H92O32S2/c1-24(2)11-10-16-58(8)48-28(61)19-57(7)27-12-13-33-55(4,5)34(15-17-56(33,6)26(27)14-18-59(48,57)54(71)90-58)85-52-46(38(66)32(22-80-52)91-93(75,76)77)89-53-47(88-49-39(67)35(63)29(62)21-79-49)40(68)43(25(3)82-53)86-51-42(70)45(36(64)30(20-60)83-51)87-50-41(69)44(78-9)37(65)31(84-50)23-81-92(72,73)74/h12,25-26,29-53,60,62-70H,1,10-11,13-23H2,2-9H3,(H,72,73,74)(H,75,76,77)/t25-,26+,29-,30-,31-,32-,33+,34+,35+,36-,37-,38+,39-,40+,41-,42-,43-,44+,45+,46-,47-,48-,49+,50+,51+,52+,53+,56-,57+,58+,59?/m1/s1. The second-order valence-electron chi connectivity index (χ2n) is 28.2. The minimum atomic E-state index is -5.30. The molecule has 31 atom stereocenters. The van der Waals surface area contributed by atoms with Crippen molar-refractivity contribution in [1.29, 1.82) is 0 Å². The zero-order valence-electron chi connectivity index (χ0n) is 52.9. The largest absolute Gasteiger partial charge is 0.458 e. The highest BCUT2D eigenvalue weighted by molar-refractivity contribution is 7.81. The van der Waals surface area contributed by atoms with Crippen LogP contribution in [0.5, 0.6) is 0 Å². The quantitative estimate of drug-likeness (QED) is 0.0333. The molecule has 0 amide bonds. The molecule has 1 spiro atoms. The maximum absolute atomic E-state index is 14.5. The molecule has 0 aromatic heterocycles. The van der Waals surface area contributed by atoms with Crippen LogP contribution in [0.2, 0.25) is 0 Å². The van der Waals surface area contributed by atoms with Gasteiger partial charge in [0.15, 0.2) is 31.5 Å². The minimum absolute atomic E-state index is 0.0236. The van der Waals surface area contributed by atoms with E-state index in [1.165, 1.54) is 6.92 Å². The number of allylic oxidation sites excluding steroid dienone is 3. The summed E-state index contributed by atoms with van der Waals surface area (Å²) in [6.45, 7) is 14.2. The third-order valence-electron chi connectivity index (χ3n) is 22.0. The zero-order chi connectivity index (χ0) is 68.2. The summed E-state index contributed by atoms with van der Waals surface area (Å²) in [7, 11) is -9.34. The number of carbonyl (C=O) groups excluding carboxylic acids is 2. The number of ether oxygens (including phenoxy) is 12. The monoisotopic (exact) mass is 1380 g/mol. The molecular formula is C59H92O32S2. The van der Waals surface area contributed by atoms with Crippen molar-refractivity contribution >= 4 is 32.6 Å². The van der Waals surface area contributed by atoms with Gasteiger partial charge in [-0.3, -0.25) is 18.7 Å². The smallest absolute Gasteiger partial charge is 0.397 e. The zero-order valence-corrected chi connectivity index (χ0v) is 54.5. The highest BCUT2D eigenvalue weighted by atomic mass is 32.3. The first kappa shape index (κ1) is 73.2. The van der Waals surface area contributed by atoms with Gasteiger partial charge in [0.05, 0.1) is 50.0 Å². The van der Waals surface area contributed by atoms with Gasteiger partial charge in [-0.15, -0.1) is 6.58 Å². The number of methoxy groups -OCH3 is 1. The molecule has 34 heteroatoms. The highest BCUT2D eigenvalue weighted by Crippen LogP contribution is 2.75. The number of aliphatic hydroxyl groups is 10. The molecule has 0 radical (unpaired) electrons. The number of carbonyl (C=O) groups is 2. The number of aliphatic hydroxyl groups excluding tert-OH is 10. The van der Waals surface area contributed by atoms with Crippen molar-refractivity contribution in [2.75, 3.05) is 33.5 Å². The number of esters is 1. The number of rotatable bonds is 21. The Balaban J connectivity index is 0.904. The number of hydrogen-bond donors (Lipinski definition) is 12. The Morgan fingerprint density at radius 3 is 1.94 bits per heavy atom. The van der Waals surface area contributed by atoms with Crippen LogP contribution in [0.1, 0.15) is 106 Å². The van der Waals surface area contributed by atoms with E-state index in [1.54, 1.807) is 0 Å². The van der Waals surface area contributed by atoms with Crippen molar-refractivity contribution in [3.63, 3.8) is 0 Å². The van der Waals surface area contributed by atoms with Gasteiger partial charge in [0, 0.05) is 18.9 Å². The summed E-state index contributed by atoms with van der Waals surface area (Å²) in [5.41, 5.74) is -1.86. The van der Waals surface area contributed by atoms with E-state index in [-0.39, 0.29) is 30.0 Å². The number of ketones is 1. The molecule has 4 aliphatic carbocycles. The summed E-state index contributed by atoms with van der Waals surface area (Å²) in [6, 6.07) is 0. The molecule has 532 valence electrons. The van der Waals surface area contributed by atoms with E-state index in [1.807, 2.05) is 27.7 Å². The Morgan fingerprint density at radius 2 is 1.29 bits per heavy atom. The van der Waals surface area contributed by atoms with Gasteiger partial charge in [0.25, 0.3) is 0 Å². The lowest BCUT2D eigenvalue weighted by Gasteiger charge is -2.63. The molecule has 12 N–H and O–H groups in total. The predicted octanol–water partition coefficient (Wildman–Crippen LogP) is -2.09. The molecule has 6 aliphatic heterocycles. The summed E-state index contributed by atoms with van der Waals surface area (Å²) in [6.07, 6.45) is -37.0. The third-order valence-corrected chi connectivity index (χ3v) is 23.0. The van der Waals surface area contributed by atoms with E-state index in [4.69, 9.17) is 61.0 Å². The highest BCUT2D eigenvalue weighted by Gasteiger charge is 2.79. The average molecular weight is 1380 g/mol. The normalized spacial score (nSPS) is 49.2. The van der Waals surface area contributed by atoms with Crippen LogP contribution < -0.4 is 0 Å². The van der Waals surface area contributed by atoms with Crippen molar-refractivity contribution in [2.24, 2.45) is 39.4 Å². The molecule has 1 unspecified atom stereocenters. The Hall–Kier alpha value is -2.48. The Kier molecular flexibility index (Phi) is 21.4. The number of cyclic esters (lactones) is 1. The van der Waals surface area contributed by atoms with E-state index in [2.05, 4.69) is 30.7 Å². The first-order chi connectivity index (χ1) is 43.4. The summed E-state index contributed by atoms with van der Waals surface area (Å²) in [5.74, 6) is -1.07. The fraction of sp³-hybridized carbons (Fsp3) is 0.898. The molecule has 6 saturated heterocycles. The van der Waals surface area contributed by atoms with E-state index >= 15 is 0 Å². The van der Waals surface area contributed by atoms with Crippen LogP contribution in [0.15, 0.2) is 23.8 Å². The minimum Gasteiger partial charge on any atom is -0.458 e. The van der Waals surface area contributed by atoms with Crippen molar-refractivity contribution in [2.45, 2.75) is 259 Å². The summed E-state index contributed by atoms with van der Waals surface area (Å²) in [4.78, 5) is 28.9. The van der Waals surface area contributed by atoms with Crippen LogP contribution >= 0.6 is 0 Å². The molecule has 6 heterocycles. The van der Waals surface area contributed by atoms with E-state index < -0.39 is 228 Å². The number of fused-ring (bicyclic) bond motifs is 4. The fourth-order valence-electron chi connectivity index (χ4n) is 17.4. The summed E-state index contributed by atoms with van der Waals surface area (Å²) < 4.78 is 148. The molecule has 0 aromatic rings. The van der Waals surface area contributed by atoms with Gasteiger partial charge in [-0.1, -0.05) is 44.9 Å². The topological polar surface area (TPSA) is 474 Å². The van der Waals surface area contributed by atoms with Crippen LogP contribution in [0.4, 0.5) is 0 Å². The lowest BCUT2D eigenvalue weighted by molar-refractivity contribution is -0.403. The molecule has 10 aliphatic rings. The van der Waals surface area contributed by atoms with Crippen LogP contribution in [0.3, 0.4) is 0 Å². The van der Waals surface area contributed by atoms with Gasteiger partial charge >= 0.3 is 26.8 Å². The number of hydrogen-bond acceptors (Lipinski definition) is 30. The van der Waals surface area contributed by atoms with Crippen LogP contribution in [-0.2, 0) is 95.6 Å². The molecular weight excluding hydrogens is 1280 g/mol. The molecule has 93 heavy (non-hydrogen) atoms. The van der Waals surface area contributed by atoms with Gasteiger partial charge < -0.3 is 108 Å². The predicted molar refractivity (Wildman–Crippen MR) is 308 cm³/mol. The van der Waals surface area contributed by atoms with Crippen LogP contribution in [0.25, 0.3) is 0 Å². The lowest BCUT2D eigenvalue weighted by Crippen LogP contribution is -2.68. The van der Waals surface area contributed by atoms with E-state index in [0.717, 1.165) is 24.7 Å². The molecule has 32 nitrogen and oxygen atoms in total.